The lowest BCUT2D eigenvalue weighted by atomic mass is 10.1. The van der Waals surface area contributed by atoms with Gasteiger partial charge in [0.2, 0.25) is 5.89 Å². The Hall–Kier alpha value is -4.26. The number of rotatable bonds is 4. The van der Waals surface area contributed by atoms with Gasteiger partial charge in [-0.15, -0.1) is 0 Å². The van der Waals surface area contributed by atoms with Crippen molar-refractivity contribution in [1.29, 1.82) is 0 Å². The number of carbonyl (C=O) groups is 1. The summed E-state index contributed by atoms with van der Waals surface area (Å²) in [5, 5.41) is 7.61. The molecule has 0 bridgehead atoms. The van der Waals surface area contributed by atoms with Crippen molar-refractivity contribution in [2.24, 2.45) is 0 Å². The highest BCUT2D eigenvalue weighted by Gasteiger charge is 2.17. The first kappa shape index (κ1) is 16.9. The van der Waals surface area contributed by atoms with E-state index in [0.717, 1.165) is 5.56 Å². The van der Waals surface area contributed by atoms with Gasteiger partial charge in [-0.2, -0.15) is 0 Å². The Labute approximate surface area is 165 Å². The van der Waals surface area contributed by atoms with Crippen LogP contribution in [0.4, 0.5) is 5.69 Å². The lowest BCUT2D eigenvalue weighted by Crippen LogP contribution is -2.11. The third-order valence-electron chi connectivity index (χ3n) is 4.42. The van der Waals surface area contributed by atoms with Crippen molar-refractivity contribution in [3.8, 4) is 22.8 Å². The maximum absolute atomic E-state index is 12.6. The first-order valence-corrected chi connectivity index (χ1v) is 8.90. The van der Waals surface area contributed by atoms with E-state index in [2.05, 4.69) is 20.4 Å². The zero-order chi connectivity index (χ0) is 19.6. The van der Waals surface area contributed by atoms with Crippen LogP contribution in [-0.4, -0.2) is 21.0 Å². The number of pyridine rings is 1. The van der Waals surface area contributed by atoms with E-state index in [1.807, 2.05) is 30.3 Å². The second kappa shape index (κ2) is 7.05. The number of hydrogen-bond donors (Lipinski definition) is 1. The average Bonchev–Trinajstić information content (AvgIpc) is 3.41. The highest BCUT2D eigenvalue weighted by Crippen LogP contribution is 2.30. The fourth-order valence-electron chi connectivity index (χ4n) is 3.00. The average molecular weight is 382 g/mol. The van der Waals surface area contributed by atoms with Gasteiger partial charge in [0.15, 0.2) is 5.58 Å². The topological polar surface area (TPSA) is 94.1 Å². The summed E-state index contributed by atoms with van der Waals surface area (Å²) in [5.74, 6) is 0.236. The lowest BCUT2D eigenvalue weighted by molar-refractivity contribution is 0.102. The van der Waals surface area contributed by atoms with E-state index in [-0.39, 0.29) is 5.91 Å². The smallest absolute Gasteiger partial charge is 0.255 e. The summed E-state index contributed by atoms with van der Waals surface area (Å²) in [7, 11) is 0. The zero-order valence-corrected chi connectivity index (χ0v) is 15.1. The van der Waals surface area contributed by atoms with Crippen LogP contribution in [0.5, 0.6) is 0 Å². The highest BCUT2D eigenvalue weighted by atomic mass is 16.5. The van der Waals surface area contributed by atoms with E-state index in [1.165, 1.54) is 6.26 Å². The van der Waals surface area contributed by atoms with Gasteiger partial charge in [0.25, 0.3) is 5.91 Å². The Morgan fingerprint density at radius 1 is 1.00 bits per heavy atom. The second-order valence-corrected chi connectivity index (χ2v) is 6.34. The molecule has 5 rings (SSSR count). The summed E-state index contributed by atoms with van der Waals surface area (Å²) < 4.78 is 11.0. The third-order valence-corrected chi connectivity index (χ3v) is 4.42. The van der Waals surface area contributed by atoms with E-state index in [9.17, 15) is 4.79 Å². The van der Waals surface area contributed by atoms with Crippen LogP contribution in [0.2, 0.25) is 0 Å². The standard InChI is InChI=1S/C22H14N4O3/c27-21(24-16-7-4-10-23-12-16)15-8-9-19-17(11-15)20(26-29-19)18-13-28-22(25-18)14-5-2-1-3-6-14/h1-13H,(H,24,27). The molecule has 0 saturated carbocycles. The number of aromatic nitrogens is 3. The van der Waals surface area contributed by atoms with Crippen molar-refractivity contribution in [3.63, 3.8) is 0 Å². The molecule has 0 aliphatic rings. The summed E-state index contributed by atoms with van der Waals surface area (Å²) in [5.41, 5.74) is 3.56. The minimum absolute atomic E-state index is 0.253. The van der Waals surface area contributed by atoms with Crippen LogP contribution < -0.4 is 5.32 Å². The van der Waals surface area contributed by atoms with Crippen LogP contribution in [0.25, 0.3) is 33.8 Å². The summed E-state index contributed by atoms with van der Waals surface area (Å²) in [6.45, 7) is 0. The lowest BCUT2D eigenvalue weighted by Gasteiger charge is -2.04. The Bertz CT molecular complexity index is 1290. The van der Waals surface area contributed by atoms with Gasteiger partial charge in [0.05, 0.1) is 17.3 Å². The first-order valence-electron chi connectivity index (χ1n) is 8.90. The fourth-order valence-corrected chi connectivity index (χ4v) is 3.00. The van der Waals surface area contributed by atoms with E-state index in [4.69, 9.17) is 8.94 Å². The van der Waals surface area contributed by atoms with Crippen molar-refractivity contribution in [1.82, 2.24) is 15.1 Å². The Balaban J connectivity index is 1.49. The summed E-state index contributed by atoms with van der Waals surface area (Å²) in [6, 6.07) is 18.2. The van der Waals surface area contributed by atoms with Crippen LogP contribution in [0, 0.1) is 0 Å². The largest absolute Gasteiger partial charge is 0.444 e. The molecule has 0 aliphatic carbocycles. The Morgan fingerprint density at radius 3 is 2.72 bits per heavy atom. The van der Waals surface area contributed by atoms with Crippen LogP contribution in [-0.2, 0) is 0 Å². The zero-order valence-electron chi connectivity index (χ0n) is 15.1. The molecule has 7 nitrogen and oxygen atoms in total. The highest BCUT2D eigenvalue weighted by molar-refractivity contribution is 6.07. The summed E-state index contributed by atoms with van der Waals surface area (Å²) in [4.78, 5) is 21.1. The number of nitrogens with one attached hydrogen (secondary N) is 1. The maximum atomic E-state index is 12.6. The molecule has 3 heterocycles. The first-order chi connectivity index (χ1) is 14.3. The van der Waals surface area contributed by atoms with Crippen LogP contribution in [0.1, 0.15) is 10.4 Å². The molecule has 0 saturated heterocycles. The molecule has 0 unspecified atom stereocenters. The van der Waals surface area contributed by atoms with Gasteiger partial charge in [-0.25, -0.2) is 4.98 Å². The molecular formula is C22H14N4O3. The van der Waals surface area contributed by atoms with E-state index in [1.54, 1.807) is 42.7 Å². The van der Waals surface area contributed by atoms with Crippen LogP contribution >= 0.6 is 0 Å². The number of benzene rings is 2. The summed E-state index contributed by atoms with van der Waals surface area (Å²) in [6.07, 6.45) is 4.76. The monoisotopic (exact) mass is 382 g/mol. The van der Waals surface area contributed by atoms with Gasteiger partial charge in [0, 0.05) is 17.3 Å². The van der Waals surface area contributed by atoms with Crippen molar-refractivity contribution >= 4 is 22.6 Å². The van der Waals surface area contributed by atoms with Crippen molar-refractivity contribution in [2.75, 3.05) is 5.32 Å². The number of oxazole rings is 1. The molecule has 140 valence electrons. The van der Waals surface area contributed by atoms with Gasteiger partial charge >= 0.3 is 0 Å². The van der Waals surface area contributed by atoms with Gasteiger partial charge in [-0.1, -0.05) is 23.4 Å². The molecule has 29 heavy (non-hydrogen) atoms. The van der Waals surface area contributed by atoms with Crippen molar-refractivity contribution in [2.45, 2.75) is 0 Å². The number of hydrogen-bond acceptors (Lipinski definition) is 6. The number of nitrogens with zero attached hydrogens (tertiary/aromatic N) is 3. The molecule has 0 radical (unpaired) electrons. The minimum atomic E-state index is -0.253. The fraction of sp³-hybridized carbons (Fsp3) is 0. The molecule has 5 aromatic rings. The number of amides is 1. The van der Waals surface area contributed by atoms with Gasteiger partial charge in [-0.05, 0) is 42.5 Å². The normalized spacial score (nSPS) is 10.9. The maximum Gasteiger partial charge on any atom is 0.255 e. The molecular weight excluding hydrogens is 368 g/mol. The van der Waals surface area contributed by atoms with E-state index < -0.39 is 0 Å². The van der Waals surface area contributed by atoms with Gasteiger partial charge in [-0.3, -0.25) is 9.78 Å². The summed E-state index contributed by atoms with van der Waals surface area (Å²) >= 11 is 0. The molecule has 1 N–H and O–H groups in total. The molecule has 7 heteroatoms. The Kier molecular flexibility index (Phi) is 4.10. The van der Waals surface area contributed by atoms with E-state index in [0.29, 0.717) is 39.5 Å². The predicted octanol–water partition coefficient (Wildman–Crippen LogP) is 4.80. The Morgan fingerprint density at radius 2 is 1.90 bits per heavy atom. The molecule has 1 amide bonds. The molecule has 0 fully saturated rings. The van der Waals surface area contributed by atoms with Crippen LogP contribution in [0.15, 0.2) is 88.3 Å². The van der Waals surface area contributed by atoms with Crippen molar-refractivity contribution < 1.29 is 13.7 Å². The third kappa shape index (κ3) is 3.25. The minimum Gasteiger partial charge on any atom is -0.444 e. The quantitative estimate of drug-likeness (QED) is 0.480. The van der Waals surface area contributed by atoms with Crippen molar-refractivity contribution in [3.05, 3.63) is 84.9 Å². The number of anilines is 1. The molecule has 3 aromatic heterocycles. The predicted molar refractivity (Wildman–Crippen MR) is 107 cm³/mol. The van der Waals surface area contributed by atoms with E-state index >= 15 is 0 Å². The van der Waals surface area contributed by atoms with Crippen LogP contribution in [0.3, 0.4) is 0 Å². The van der Waals surface area contributed by atoms with Gasteiger partial charge < -0.3 is 14.3 Å². The number of carbonyl (C=O) groups excluding carboxylic acids is 1. The van der Waals surface area contributed by atoms with Gasteiger partial charge in [0.1, 0.15) is 17.7 Å². The molecule has 0 aliphatic heterocycles. The second-order valence-electron chi connectivity index (χ2n) is 6.34. The molecule has 0 spiro atoms. The number of fused-ring (bicyclic) bond motifs is 1. The molecule has 2 aromatic carbocycles. The SMILES string of the molecule is O=C(Nc1cccnc1)c1ccc2onc(-c3coc(-c4ccccc4)n3)c2c1. The molecule has 0 atom stereocenters.